The molecule has 0 radical (unpaired) electrons. The summed E-state index contributed by atoms with van der Waals surface area (Å²) in [6.07, 6.45) is 1.90. The van der Waals surface area contributed by atoms with E-state index in [1.165, 1.54) is 11.1 Å². The van der Waals surface area contributed by atoms with E-state index in [-0.39, 0.29) is 6.10 Å². The zero-order valence-corrected chi connectivity index (χ0v) is 9.24. The number of hydrogen-bond acceptors (Lipinski definition) is 2. The van der Waals surface area contributed by atoms with Gasteiger partial charge in [-0.3, -0.25) is 0 Å². The van der Waals surface area contributed by atoms with Crippen LogP contribution in [0.25, 0.3) is 0 Å². The number of aryl methyl sites for hydroxylation is 1. The Hall–Kier alpha value is -0.860. The number of benzene rings is 1. The molecular weight excluding hydrogens is 186 g/mol. The van der Waals surface area contributed by atoms with Gasteiger partial charge in [0.05, 0.1) is 6.10 Å². The molecule has 1 aromatic carbocycles. The molecule has 1 heterocycles. The molecule has 0 aliphatic carbocycles. The summed E-state index contributed by atoms with van der Waals surface area (Å²) < 4.78 is 0. The monoisotopic (exact) mass is 205 g/mol. The first-order valence-corrected chi connectivity index (χ1v) is 5.70. The van der Waals surface area contributed by atoms with E-state index < -0.39 is 0 Å². The maximum atomic E-state index is 9.82. The van der Waals surface area contributed by atoms with Crippen LogP contribution in [0.3, 0.4) is 0 Å². The highest BCUT2D eigenvalue weighted by Gasteiger charge is 2.22. The number of rotatable bonds is 2. The summed E-state index contributed by atoms with van der Waals surface area (Å²) in [6.45, 7) is 3.88. The lowest BCUT2D eigenvalue weighted by Gasteiger charge is -2.28. The fourth-order valence-corrected chi connectivity index (χ4v) is 2.16. The van der Waals surface area contributed by atoms with E-state index in [1.807, 2.05) is 0 Å². The van der Waals surface area contributed by atoms with Gasteiger partial charge in [-0.1, -0.05) is 29.8 Å². The SMILES string of the molecule is Cc1ccc(CC2CCNCC2O)cc1. The minimum absolute atomic E-state index is 0.181. The van der Waals surface area contributed by atoms with Gasteiger partial charge < -0.3 is 10.4 Å². The molecule has 0 aromatic heterocycles. The van der Waals surface area contributed by atoms with Crippen LogP contribution in [-0.4, -0.2) is 24.3 Å². The molecule has 0 bridgehead atoms. The average molecular weight is 205 g/mol. The number of piperidine rings is 1. The minimum Gasteiger partial charge on any atom is -0.392 e. The maximum Gasteiger partial charge on any atom is 0.0696 e. The van der Waals surface area contributed by atoms with Crippen molar-refractivity contribution in [2.24, 2.45) is 5.92 Å². The summed E-state index contributed by atoms with van der Waals surface area (Å²) in [4.78, 5) is 0. The Balaban J connectivity index is 1.98. The predicted octanol–water partition coefficient (Wildman–Crippen LogP) is 1.51. The zero-order chi connectivity index (χ0) is 10.7. The second-order valence-electron chi connectivity index (χ2n) is 4.51. The van der Waals surface area contributed by atoms with E-state index in [0.717, 1.165) is 25.9 Å². The van der Waals surface area contributed by atoms with E-state index >= 15 is 0 Å². The van der Waals surface area contributed by atoms with Crippen molar-refractivity contribution in [3.05, 3.63) is 35.4 Å². The molecule has 15 heavy (non-hydrogen) atoms. The largest absolute Gasteiger partial charge is 0.392 e. The van der Waals surface area contributed by atoms with Gasteiger partial charge in [-0.25, -0.2) is 0 Å². The van der Waals surface area contributed by atoms with Crippen LogP contribution in [0.15, 0.2) is 24.3 Å². The van der Waals surface area contributed by atoms with Crippen molar-refractivity contribution in [3.8, 4) is 0 Å². The van der Waals surface area contributed by atoms with E-state index in [4.69, 9.17) is 0 Å². The van der Waals surface area contributed by atoms with Crippen LogP contribution in [0.1, 0.15) is 17.5 Å². The highest BCUT2D eigenvalue weighted by atomic mass is 16.3. The highest BCUT2D eigenvalue weighted by molar-refractivity contribution is 5.21. The Morgan fingerprint density at radius 3 is 2.73 bits per heavy atom. The smallest absolute Gasteiger partial charge is 0.0696 e. The van der Waals surface area contributed by atoms with E-state index in [9.17, 15) is 5.11 Å². The molecule has 2 unspecified atom stereocenters. The van der Waals surface area contributed by atoms with Gasteiger partial charge in [-0.05, 0) is 37.8 Å². The Morgan fingerprint density at radius 1 is 1.33 bits per heavy atom. The van der Waals surface area contributed by atoms with Crippen molar-refractivity contribution in [1.29, 1.82) is 0 Å². The Morgan fingerprint density at radius 2 is 2.07 bits per heavy atom. The van der Waals surface area contributed by atoms with E-state index in [0.29, 0.717) is 5.92 Å². The van der Waals surface area contributed by atoms with Crippen molar-refractivity contribution in [3.63, 3.8) is 0 Å². The van der Waals surface area contributed by atoms with Gasteiger partial charge in [0.2, 0.25) is 0 Å². The van der Waals surface area contributed by atoms with Gasteiger partial charge >= 0.3 is 0 Å². The molecule has 2 rings (SSSR count). The molecule has 1 fully saturated rings. The van der Waals surface area contributed by atoms with Gasteiger partial charge in [-0.15, -0.1) is 0 Å². The average Bonchev–Trinajstić information content (AvgIpc) is 2.25. The van der Waals surface area contributed by atoms with Crippen molar-refractivity contribution in [2.45, 2.75) is 25.9 Å². The molecule has 1 saturated heterocycles. The van der Waals surface area contributed by atoms with Crippen LogP contribution < -0.4 is 5.32 Å². The van der Waals surface area contributed by atoms with Crippen molar-refractivity contribution in [2.75, 3.05) is 13.1 Å². The van der Waals surface area contributed by atoms with Crippen molar-refractivity contribution >= 4 is 0 Å². The second-order valence-corrected chi connectivity index (χ2v) is 4.51. The third-order valence-corrected chi connectivity index (χ3v) is 3.21. The summed E-state index contributed by atoms with van der Waals surface area (Å²) in [5, 5.41) is 13.0. The highest BCUT2D eigenvalue weighted by Crippen LogP contribution is 2.18. The van der Waals surface area contributed by atoms with Crippen molar-refractivity contribution in [1.82, 2.24) is 5.32 Å². The first kappa shape index (κ1) is 10.7. The maximum absolute atomic E-state index is 9.82. The van der Waals surface area contributed by atoms with Gasteiger partial charge in [0.25, 0.3) is 0 Å². The van der Waals surface area contributed by atoms with Gasteiger partial charge in [0.1, 0.15) is 0 Å². The topological polar surface area (TPSA) is 32.3 Å². The predicted molar refractivity (Wildman–Crippen MR) is 61.9 cm³/mol. The minimum atomic E-state index is -0.181. The molecular formula is C13H19NO. The molecule has 0 saturated carbocycles. The molecule has 1 aliphatic rings. The first-order valence-electron chi connectivity index (χ1n) is 5.70. The summed E-state index contributed by atoms with van der Waals surface area (Å²) in [7, 11) is 0. The lowest BCUT2D eigenvalue weighted by atomic mass is 9.88. The number of hydrogen-bond donors (Lipinski definition) is 2. The lowest BCUT2D eigenvalue weighted by Crippen LogP contribution is -2.41. The first-order chi connectivity index (χ1) is 7.25. The normalized spacial score (nSPS) is 26.5. The number of β-amino-alcohol motifs (C(OH)–C–C–N with tert-alkyl or cyclic N) is 1. The molecule has 2 atom stereocenters. The van der Waals surface area contributed by atoms with Crippen LogP contribution in [-0.2, 0) is 6.42 Å². The standard InChI is InChI=1S/C13H19NO/c1-10-2-4-11(5-3-10)8-12-6-7-14-9-13(12)15/h2-5,12-15H,6-9H2,1H3. The third kappa shape index (κ3) is 2.80. The lowest BCUT2D eigenvalue weighted by molar-refractivity contribution is 0.0820. The Labute approximate surface area is 91.3 Å². The van der Waals surface area contributed by atoms with Gasteiger partial charge in [0.15, 0.2) is 0 Å². The second kappa shape index (κ2) is 4.77. The fourth-order valence-electron chi connectivity index (χ4n) is 2.16. The molecule has 2 heteroatoms. The fraction of sp³-hybridized carbons (Fsp3) is 0.538. The molecule has 1 aliphatic heterocycles. The summed E-state index contributed by atoms with van der Waals surface area (Å²) >= 11 is 0. The van der Waals surface area contributed by atoms with Crippen LogP contribution in [0.2, 0.25) is 0 Å². The Kier molecular flexibility index (Phi) is 3.39. The number of nitrogens with one attached hydrogen (secondary N) is 1. The third-order valence-electron chi connectivity index (χ3n) is 3.21. The molecule has 0 spiro atoms. The molecule has 2 nitrogen and oxygen atoms in total. The number of aliphatic hydroxyl groups excluding tert-OH is 1. The van der Waals surface area contributed by atoms with E-state index in [1.54, 1.807) is 0 Å². The van der Waals surface area contributed by atoms with Crippen LogP contribution >= 0.6 is 0 Å². The zero-order valence-electron chi connectivity index (χ0n) is 9.24. The molecule has 2 N–H and O–H groups in total. The molecule has 82 valence electrons. The van der Waals surface area contributed by atoms with Crippen LogP contribution in [0.5, 0.6) is 0 Å². The summed E-state index contributed by atoms with van der Waals surface area (Å²) in [5.74, 6) is 0.425. The van der Waals surface area contributed by atoms with Gasteiger partial charge in [-0.2, -0.15) is 0 Å². The van der Waals surface area contributed by atoms with Crippen LogP contribution in [0.4, 0.5) is 0 Å². The molecule has 0 amide bonds. The summed E-state index contributed by atoms with van der Waals surface area (Å²) in [6, 6.07) is 8.62. The quantitative estimate of drug-likeness (QED) is 0.767. The van der Waals surface area contributed by atoms with Gasteiger partial charge in [0, 0.05) is 6.54 Å². The molecule has 1 aromatic rings. The Bertz CT molecular complexity index is 307. The number of aliphatic hydroxyl groups is 1. The van der Waals surface area contributed by atoms with Crippen LogP contribution in [0, 0.1) is 12.8 Å². The summed E-state index contributed by atoms with van der Waals surface area (Å²) in [5.41, 5.74) is 2.64. The van der Waals surface area contributed by atoms with Crippen molar-refractivity contribution < 1.29 is 5.11 Å². The van der Waals surface area contributed by atoms with E-state index in [2.05, 4.69) is 36.5 Å².